The van der Waals surface area contributed by atoms with Crippen LogP contribution in [0, 0.1) is 10.1 Å². The molecule has 1 aliphatic rings. The molecular formula is C6H11NO3. The normalized spacial score (nSPS) is 40.0. The summed E-state index contributed by atoms with van der Waals surface area (Å²) >= 11 is 0. The topological polar surface area (TPSA) is 63.4 Å². The van der Waals surface area contributed by atoms with Crippen LogP contribution in [0.1, 0.15) is 26.2 Å². The molecule has 0 spiro atoms. The Labute approximate surface area is 59.0 Å². The molecular weight excluding hydrogens is 134 g/mol. The van der Waals surface area contributed by atoms with Crippen molar-refractivity contribution < 1.29 is 10.0 Å². The van der Waals surface area contributed by atoms with Crippen molar-refractivity contribution in [3.63, 3.8) is 0 Å². The average Bonchev–Trinajstić information content (AvgIpc) is 2.08. The van der Waals surface area contributed by atoms with Gasteiger partial charge in [0, 0.05) is 11.3 Å². The Bertz CT molecular complexity index is 155. The second kappa shape index (κ2) is 2.20. The predicted molar refractivity (Wildman–Crippen MR) is 35.3 cm³/mol. The molecule has 1 rings (SSSR count). The first kappa shape index (κ1) is 7.47. The van der Waals surface area contributed by atoms with Crippen molar-refractivity contribution in [2.45, 2.75) is 37.8 Å². The van der Waals surface area contributed by atoms with E-state index in [0.29, 0.717) is 12.8 Å². The summed E-state index contributed by atoms with van der Waals surface area (Å²) in [6, 6.07) is -0.743. The Balaban J connectivity index is 2.68. The Morgan fingerprint density at radius 1 is 1.80 bits per heavy atom. The third-order valence-electron chi connectivity index (χ3n) is 2.13. The van der Waals surface area contributed by atoms with Gasteiger partial charge in [-0.25, -0.2) is 0 Å². The van der Waals surface area contributed by atoms with Crippen molar-refractivity contribution in [2.24, 2.45) is 0 Å². The van der Waals surface area contributed by atoms with Crippen molar-refractivity contribution in [1.29, 1.82) is 0 Å². The number of nitrogens with zero attached hydrogens (tertiary/aromatic N) is 1. The fourth-order valence-corrected chi connectivity index (χ4v) is 1.46. The van der Waals surface area contributed by atoms with Crippen LogP contribution in [0.2, 0.25) is 0 Å². The Hall–Kier alpha value is -0.640. The molecule has 0 saturated heterocycles. The molecule has 2 unspecified atom stereocenters. The smallest absolute Gasteiger partial charge is 0.241 e. The molecule has 0 heterocycles. The zero-order valence-electron chi connectivity index (χ0n) is 5.91. The molecule has 0 amide bonds. The maximum Gasteiger partial charge on any atom is 0.241 e. The second-order valence-corrected chi connectivity index (χ2v) is 3.05. The van der Waals surface area contributed by atoms with E-state index in [0.717, 1.165) is 6.42 Å². The van der Waals surface area contributed by atoms with Gasteiger partial charge < -0.3 is 5.11 Å². The fourth-order valence-electron chi connectivity index (χ4n) is 1.46. The molecule has 0 aromatic carbocycles. The summed E-state index contributed by atoms with van der Waals surface area (Å²) in [4.78, 5) is 9.88. The summed E-state index contributed by atoms with van der Waals surface area (Å²) in [6.07, 6.45) is 1.83. The molecule has 4 heteroatoms. The Kier molecular flexibility index (Phi) is 1.64. The number of hydrogen-bond donors (Lipinski definition) is 1. The SMILES string of the molecule is CC1(O)CCCC1[N+](=O)[O-]. The first-order valence-corrected chi connectivity index (χ1v) is 3.40. The lowest BCUT2D eigenvalue weighted by Gasteiger charge is -2.17. The number of nitro groups is 1. The largest absolute Gasteiger partial charge is 0.383 e. The zero-order chi connectivity index (χ0) is 7.78. The van der Waals surface area contributed by atoms with Gasteiger partial charge in [0.2, 0.25) is 6.04 Å². The molecule has 0 aliphatic heterocycles. The van der Waals surface area contributed by atoms with Gasteiger partial charge in [0.1, 0.15) is 5.60 Å². The molecule has 1 aliphatic carbocycles. The number of rotatable bonds is 1. The third-order valence-corrected chi connectivity index (χ3v) is 2.13. The van der Waals surface area contributed by atoms with Gasteiger partial charge in [-0.1, -0.05) is 0 Å². The van der Waals surface area contributed by atoms with Crippen molar-refractivity contribution in [3.8, 4) is 0 Å². The van der Waals surface area contributed by atoms with Crippen LogP contribution < -0.4 is 0 Å². The van der Waals surface area contributed by atoms with Crippen LogP contribution in [-0.4, -0.2) is 21.7 Å². The van der Waals surface area contributed by atoms with Crippen LogP contribution in [0.15, 0.2) is 0 Å². The van der Waals surface area contributed by atoms with Gasteiger partial charge in [-0.15, -0.1) is 0 Å². The summed E-state index contributed by atoms with van der Waals surface area (Å²) in [5, 5.41) is 19.6. The zero-order valence-corrected chi connectivity index (χ0v) is 5.91. The van der Waals surface area contributed by atoms with Crippen LogP contribution in [-0.2, 0) is 0 Å². The standard InChI is InChI=1S/C6H11NO3/c1-6(8)4-2-3-5(6)7(9)10/h5,8H,2-4H2,1H3. The lowest BCUT2D eigenvalue weighted by molar-refractivity contribution is -0.540. The Morgan fingerprint density at radius 2 is 2.40 bits per heavy atom. The van der Waals surface area contributed by atoms with E-state index < -0.39 is 11.6 Å². The highest BCUT2D eigenvalue weighted by molar-refractivity contribution is 4.88. The van der Waals surface area contributed by atoms with E-state index in [9.17, 15) is 15.2 Å². The molecule has 58 valence electrons. The van der Waals surface area contributed by atoms with E-state index in [4.69, 9.17) is 0 Å². The second-order valence-electron chi connectivity index (χ2n) is 3.05. The molecule has 2 atom stereocenters. The summed E-state index contributed by atoms with van der Waals surface area (Å²) in [5.41, 5.74) is -1.07. The van der Waals surface area contributed by atoms with E-state index >= 15 is 0 Å². The molecule has 0 radical (unpaired) electrons. The average molecular weight is 145 g/mol. The summed E-state index contributed by atoms with van der Waals surface area (Å²) < 4.78 is 0. The monoisotopic (exact) mass is 145 g/mol. The van der Waals surface area contributed by atoms with Crippen molar-refractivity contribution in [1.82, 2.24) is 0 Å². The van der Waals surface area contributed by atoms with Crippen molar-refractivity contribution in [3.05, 3.63) is 10.1 Å². The maximum atomic E-state index is 10.3. The maximum absolute atomic E-state index is 10.3. The van der Waals surface area contributed by atoms with Crippen molar-refractivity contribution >= 4 is 0 Å². The highest BCUT2D eigenvalue weighted by Gasteiger charge is 2.45. The minimum absolute atomic E-state index is 0.382. The van der Waals surface area contributed by atoms with Gasteiger partial charge in [0.05, 0.1) is 0 Å². The minimum atomic E-state index is -1.07. The van der Waals surface area contributed by atoms with Gasteiger partial charge in [-0.05, 0) is 19.8 Å². The molecule has 0 aromatic heterocycles. The van der Waals surface area contributed by atoms with Gasteiger partial charge in [-0.2, -0.15) is 0 Å². The quantitative estimate of drug-likeness (QED) is 0.433. The van der Waals surface area contributed by atoms with Crippen LogP contribution in [0.4, 0.5) is 0 Å². The highest BCUT2D eigenvalue weighted by Crippen LogP contribution is 2.30. The van der Waals surface area contributed by atoms with Gasteiger partial charge in [0.25, 0.3) is 0 Å². The van der Waals surface area contributed by atoms with Crippen LogP contribution in [0.25, 0.3) is 0 Å². The number of aliphatic hydroxyl groups is 1. The highest BCUT2D eigenvalue weighted by atomic mass is 16.6. The molecule has 10 heavy (non-hydrogen) atoms. The van der Waals surface area contributed by atoms with Gasteiger partial charge in [-0.3, -0.25) is 10.1 Å². The van der Waals surface area contributed by atoms with E-state index in [1.807, 2.05) is 0 Å². The molecule has 1 N–H and O–H groups in total. The molecule has 0 bridgehead atoms. The molecule has 1 saturated carbocycles. The lowest BCUT2D eigenvalue weighted by Crippen LogP contribution is -2.39. The Morgan fingerprint density at radius 3 is 2.60 bits per heavy atom. The van der Waals surface area contributed by atoms with E-state index in [1.165, 1.54) is 6.92 Å². The van der Waals surface area contributed by atoms with Crippen molar-refractivity contribution in [2.75, 3.05) is 0 Å². The minimum Gasteiger partial charge on any atom is -0.383 e. The third kappa shape index (κ3) is 1.11. The first-order chi connectivity index (χ1) is 4.54. The van der Waals surface area contributed by atoms with Crippen LogP contribution in [0.3, 0.4) is 0 Å². The van der Waals surface area contributed by atoms with Gasteiger partial charge >= 0.3 is 0 Å². The van der Waals surface area contributed by atoms with Crippen LogP contribution >= 0.6 is 0 Å². The van der Waals surface area contributed by atoms with Gasteiger partial charge in [0.15, 0.2) is 0 Å². The molecule has 4 nitrogen and oxygen atoms in total. The van der Waals surface area contributed by atoms with E-state index in [-0.39, 0.29) is 4.92 Å². The summed E-state index contributed by atoms with van der Waals surface area (Å²) in [5.74, 6) is 0. The summed E-state index contributed by atoms with van der Waals surface area (Å²) in [6.45, 7) is 1.54. The number of hydrogen-bond acceptors (Lipinski definition) is 3. The van der Waals surface area contributed by atoms with Crippen LogP contribution in [0.5, 0.6) is 0 Å². The predicted octanol–water partition coefficient (Wildman–Crippen LogP) is 0.567. The lowest BCUT2D eigenvalue weighted by atomic mass is 10.0. The molecule has 0 aromatic rings. The van der Waals surface area contributed by atoms with E-state index in [1.54, 1.807) is 0 Å². The summed E-state index contributed by atoms with van der Waals surface area (Å²) in [7, 11) is 0. The molecule has 1 fully saturated rings. The van der Waals surface area contributed by atoms with E-state index in [2.05, 4.69) is 0 Å². The fraction of sp³-hybridized carbons (Fsp3) is 1.00. The first-order valence-electron chi connectivity index (χ1n) is 3.40.